The molecule has 1 aromatic carbocycles. The summed E-state index contributed by atoms with van der Waals surface area (Å²) < 4.78 is 34.2. The lowest BCUT2D eigenvalue weighted by Gasteiger charge is -2.19. The van der Waals surface area contributed by atoms with Crippen LogP contribution in [-0.4, -0.2) is 45.0 Å². The molecule has 0 saturated carbocycles. The van der Waals surface area contributed by atoms with Gasteiger partial charge in [-0.25, -0.2) is 13.2 Å². The Morgan fingerprint density at radius 2 is 1.72 bits per heavy atom. The first-order chi connectivity index (χ1) is 11.5. The van der Waals surface area contributed by atoms with Crippen LogP contribution in [0.3, 0.4) is 0 Å². The van der Waals surface area contributed by atoms with Gasteiger partial charge in [0.25, 0.3) is 0 Å². The summed E-state index contributed by atoms with van der Waals surface area (Å²) in [5.41, 5.74) is 0.386. The van der Waals surface area contributed by atoms with E-state index in [2.05, 4.69) is 5.32 Å². The first-order valence-corrected chi connectivity index (χ1v) is 9.63. The molecule has 0 unspecified atom stereocenters. The predicted octanol–water partition coefficient (Wildman–Crippen LogP) is 2.09. The van der Waals surface area contributed by atoms with E-state index >= 15 is 0 Å². The number of benzene rings is 1. The van der Waals surface area contributed by atoms with Gasteiger partial charge < -0.3 is 14.8 Å². The van der Waals surface area contributed by atoms with E-state index in [4.69, 9.17) is 9.47 Å². The molecule has 0 saturated heterocycles. The van der Waals surface area contributed by atoms with Gasteiger partial charge in [0.2, 0.25) is 0 Å². The van der Waals surface area contributed by atoms with Crippen LogP contribution in [0.2, 0.25) is 0 Å². The molecule has 0 heterocycles. The number of carbonyl (C=O) groups is 2. The summed E-state index contributed by atoms with van der Waals surface area (Å²) >= 11 is 0. The zero-order valence-corrected chi connectivity index (χ0v) is 15.8. The molecule has 0 aliphatic carbocycles. The smallest absolute Gasteiger partial charge is 0.407 e. The summed E-state index contributed by atoms with van der Waals surface area (Å²) in [6.07, 6.45) is 0.166. The van der Waals surface area contributed by atoms with E-state index in [1.165, 1.54) is 12.1 Å². The average Bonchev–Trinajstić information content (AvgIpc) is 2.49. The zero-order chi connectivity index (χ0) is 19.1. The minimum Gasteiger partial charge on any atom is -0.463 e. The molecule has 0 atom stereocenters. The number of ether oxygens (including phenoxy) is 2. The monoisotopic (exact) mass is 371 g/mol. The van der Waals surface area contributed by atoms with Gasteiger partial charge in [-0.3, -0.25) is 4.79 Å². The van der Waals surface area contributed by atoms with E-state index in [9.17, 15) is 18.0 Å². The molecule has 0 fully saturated rings. The van der Waals surface area contributed by atoms with Gasteiger partial charge >= 0.3 is 12.1 Å². The third-order valence-electron chi connectivity index (χ3n) is 3.03. The Labute approximate surface area is 148 Å². The Morgan fingerprint density at radius 1 is 1.12 bits per heavy atom. The molecule has 0 aliphatic rings. The van der Waals surface area contributed by atoms with Crippen molar-refractivity contribution in [1.29, 1.82) is 0 Å². The second-order valence-corrected chi connectivity index (χ2v) is 8.40. The summed E-state index contributed by atoms with van der Waals surface area (Å²) in [4.78, 5) is 23.2. The molecule has 1 aromatic rings. The second-order valence-electron chi connectivity index (χ2n) is 6.41. The van der Waals surface area contributed by atoms with E-state index in [0.29, 0.717) is 0 Å². The highest BCUT2D eigenvalue weighted by Gasteiger charge is 2.20. The molecule has 7 nitrogen and oxygen atoms in total. The van der Waals surface area contributed by atoms with Gasteiger partial charge in [0.1, 0.15) is 12.2 Å². The van der Waals surface area contributed by atoms with Crippen LogP contribution < -0.4 is 5.32 Å². The first-order valence-electron chi connectivity index (χ1n) is 7.97. The molecule has 0 aliphatic heterocycles. The maximum atomic E-state index is 12.1. The molecule has 1 rings (SSSR count). The molecule has 1 N–H and O–H groups in total. The van der Waals surface area contributed by atoms with E-state index in [1.807, 2.05) is 6.92 Å². The van der Waals surface area contributed by atoms with Gasteiger partial charge in [-0.15, -0.1) is 0 Å². The van der Waals surface area contributed by atoms with E-state index in [1.54, 1.807) is 32.9 Å². The van der Waals surface area contributed by atoms with Crippen LogP contribution in [0.15, 0.2) is 29.2 Å². The SMILES string of the molecule is CCc1ccc(S(=O)(=O)CC(=O)OCCNC(=O)OC(C)(C)C)cc1. The standard InChI is InChI=1S/C17H25NO6S/c1-5-13-6-8-14(9-7-13)25(21,22)12-15(19)23-11-10-18-16(20)24-17(2,3)4/h6-9H,5,10-12H2,1-4H3,(H,18,20). The van der Waals surface area contributed by atoms with Crippen molar-refractivity contribution in [2.24, 2.45) is 0 Å². The first kappa shape index (κ1) is 21.0. The van der Waals surface area contributed by atoms with Gasteiger partial charge in [-0.1, -0.05) is 19.1 Å². The second kappa shape index (κ2) is 8.84. The maximum Gasteiger partial charge on any atom is 0.407 e. The van der Waals surface area contributed by atoms with Crippen LogP contribution in [0, 0.1) is 0 Å². The minimum absolute atomic E-state index is 0.0336. The van der Waals surface area contributed by atoms with Gasteiger partial charge in [0, 0.05) is 0 Å². The highest BCUT2D eigenvalue weighted by atomic mass is 32.2. The molecule has 0 aromatic heterocycles. The molecule has 25 heavy (non-hydrogen) atoms. The van der Waals surface area contributed by atoms with Crippen LogP contribution in [-0.2, 0) is 30.5 Å². The quantitative estimate of drug-likeness (QED) is 0.582. The number of hydrogen-bond donors (Lipinski definition) is 1. The fourth-order valence-electron chi connectivity index (χ4n) is 1.84. The fraction of sp³-hybridized carbons (Fsp3) is 0.529. The summed E-state index contributed by atoms with van der Waals surface area (Å²) in [5, 5.41) is 2.41. The highest BCUT2D eigenvalue weighted by Crippen LogP contribution is 2.13. The van der Waals surface area contributed by atoms with Crippen LogP contribution in [0.4, 0.5) is 4.79 Å². The third kappa shape index (κ3) is 8.02. The number of amides is 1. The molecule has 0 bridgehead atoms. The molecule has 1 amide bonds. The van der Waals surface area contributed by atoms with Gasteiger partial charge in [0.15, 0.2) is 15.6 Å². The summed E-state index contributed by atoms with van der Waals surface area (Å²) in [6, 6.07) is 6.38. The molecule has 8 heteroatoms. The molecule has 140 valence electrons. The van der Waals surface area contributed by atoms with Crippen molar-refractivity contribution in [1.82, 2.24) is 5.32 Å². The number of aryl methyl sites for hydroxylation is 1. The van der Waals surface area contributed by atoms with Crippen molar-refractivity contribution in [3.8, 4) is 0 Å². The summed E-state index contributed by atoms with van der Waals surface area (Å²) in [7, 11) is -3.75. The number of hydrogen-bond acceptors (Lipinski definition) is 6. The van der Waals surface area contributed by atoms with Crippen LogP contribution in [0.5, 0.6) is 0 Å². The summed E-state index contributed by atoms with van der Waals surface area (Å²) in [5.74, 6) is -1.61. The number of alkyl carbamates (subject to hydrolysis) is 1. The number of nitrogens with one attached hydrogen (secondary N) is 1. The van der Waals surface area contributed by atoms with E-state index < -0.39 is 33.3 Å². The maximum absolute atomic E-state index is 12.1. The van der Waals surface area contributed by atoms with E-state index in [0.717, 1.165) is 12.0 Å². The van der Waals surface area contributed by atoms with Crippen molar-refractivity contribution in [2.45, 2.75) is 44.6 Å². The number of sulfone groups is 1. The highest BCUT2D eigenvalue weighted by molar-refractivity contribution is 7.92. The number of rotatable bonds is 7. The van der Waals surface area contributed by atoms with Crippen molar-refractivity contribution >= 4 is 21.9 Å². The minimum atomic E-state index is -3.75. The lowest BCUT2D eigenvalue weighted by molar-refractivity contribution is -0.140. The van der Waals surface area contributed by atoms with Gasteiger partial charge in [-0.2, -0.15) is 0 Å². The lowest BCUT2D eigenvalue weighted by atomic mass is 10.2. The number of carbonyl (C=O) groups excluding carboxylic acids is 2. The van der Waals surface area contributed by atoms with Crippen molar-refractivity contribution in [3.05, 3.63) is 29.8 Å². The summed E-state index contributed by atoms with van der Waals surface area (Å²) in [6.45, 7) is 7.04. The Kier molecular flexibility index (Phi) is 7.41. The Morgan fingerprint density at radius 3 is 2.24 bits per heavy atom. The van der Waals surface area contributed by atoms with E-state index in [-0.39, 0.29) is 18.0 Å². The Bertz CT molecular complexity index is 689. The predicted molar refractivity (Wildman–Crippen MR) is 93.1 cm³/mol. The van der Waals surface area contributed by atoms with Crippen molar-refractivity contribution in [3.63, 3.8) is 0 Å². The molecule has 0 radical (unpaired) electrons. The van der Waals surface area contributed by atoms with Crippen molar-refractivity contribution < 1.29 is 27.5 Å². The molecular formula is C17H25NO6S. The van der Waals surface area contributed by atoms with Gasteiger partial charge in [0.05, 0.1) is 11.4 Å². The average molecular weight is 371 g/mol. The van der Waals surface area contributed by atoms with Crippen LogP contribution >= 0.6 is 0 Å². The third-order valence-corrected chi connectivity index (χ3v) is 4.64. The topological polar surface area (TPSA) is 98.8 Å². The number of esters is 1. The lowest BCUT2D eigenvalue weighted by Crippen LogP contribution is -2.34. The van der Waals surface area contributed by atoms with Gasteiger partial charge in [-0.05, 0) is 44.9 Å². The fourth-order valence-corrected chi connectivity index (χ4v) is 2.96. The normalized spacial score (nSPS) is 11.7. The Balaban J connectivity index is 2.41. The zero-order valence-electron chi connectivity index (χ0n) is 15.0. The largest absolute Gasteiger partial charge is 0.463 e. The van der Waals surface area contributed by atoms with Crippen LogP contribution in [0.1, 0.15) is 33.3 Å². The van der Waals surface area contributed by atoms with Crippen molar-refractivity contribution in [2.75, 3.05) is 18.9 Å². The molecule has 0 spiro atoms. The molecular weight excluding hydrogens is 346 g/mol. The Hall–Kier alpha value is -2.09. The van der Waals surface area contributed by atoms with Crippen LogP contribution in [0.25, 0.3) is 0 Å².